The van der Waals surface area contributed by atoms with Crippen LogP contribution in [0.4, 0.5) is 0 Å². The molecule has 1 aliphatic heterocycles. The van der Waals surface area contributed by atoms with E-state index in [1.165, 1.54) is 24.8 Å². The molecule has 17 heavy (non-hydrogen) atoms. The van der Waals surface area contributed by atoms with Crippen molar-refractivity contribution in [3.8, 4) is 0 Å². The highest BCUT2D eigenvalue weighted by molar-refractivity contribution is 6.09. The second-order valence-electron chi connectivity index (χ2n) is 4.40. The quantitative estimate of drug-likeness (QED) is 0.744. The molecule has 2 rings (SSSR count). The van der Waals surface area contributed by atoms with Crippen molar-refractivity contribution in [2.75, 3.05) is 20.3 Å². The molecular formula is C14H20N2O. The Morgan fingerprint density at radius 3 is 3.00 bits per heavy atom. The monoisotopic (exact) mass is 232 g/mol. The standard InChI is InChI=1S/C14H20N2O/c1-12-8-9-14(13-6-4-3-5-7-13)15-16(12)10-11-17-2/h6,8-9H,1,3-5,7,10-11H2,2H3. The molecule has 0 spiro atoms. The van der Waals surface area contributed by atoms with Crippen LogP contribution >= 0.6 is 0 Å². The fourth-order valence-corrected chi connectivity index (χ4v) is 2.10. The molecule has 0 aromatic carbocycles. The Morgan fingerprint density at radius 1 is 1.41 bits per heavy atom. The maximum absolute atomic E-state index is 5.08. The number of nitrogens with zero attached hydrogens (tertiary/aromatic N) is 2. The van der Waals surface area contributed by atoms with Crippen molar-refractivity contribution < 1.29 is 4.74 Å². The lowest BCUT2D eigenvalue weighted by molar-refractivity contribution is 0.167. The largest absolute Gasteiger partial charge is 0.383 e. The summed E-state index contributed by atoms with van der Waals surface area (Å²) in [6.07, 6.45) is 11.3. The highest BCUT2D eigenvalue weighted by atomic mass is 16.5. The van der Waals surface area contributed by atoms with Gasteiger partial charge in [0.25, 0.3) is 0 Å². The lowest BCUT2D eigenvalue weighted by Gasteiger charge is -2.25. The maximum atomic E-state index is 5.08. The van der Waals surface area contributed by atoms with Crippen molar-refractivity contribution in [3.05, 3.63) is 36.1 Å². The molecule has 0 radical (unpaired) electrons. The van der Waals surface area contributed by atoms with Gasteiger partial charge in [-0.2, -0.15) is 5.10 Å². The number of hydrogen-bond acceptors (Lipinski definition) is 3. The van der Waals surface area contributed by atoms with Gasteiger partial charge in [-0.25, -0.2) is 0 Å². The molecule has 0 atom stereocenters. The van der Waals surface area contributed by atoms with Gasteiger partial charge in [0.2, 0.25) is 0 Å². The van der Waals surface area contributed by atoms with Crippen molar-refractivity contribution in [1.29, 1.82) is 0 Å². The van der Waals surface area contributed by atoms with E-state index in [4.69, 9.17) is 4.74 Å². The molecule has 1 heterocycles. The zero-order valence-corrected chi connectivity index (χ0v) is 10.5. The molecule has 2 aliphatic rings. The number of hydrazone groups is 1. The van der Waals surface area contributed by atoms with Gasteiger partial charge in [-0.3, -0.25) is 5.01 Å². The third kappa shape index (κ3) is 3.07. The van der Waals surface area contributed by atoms with Crippen molar-refractivity contribution in [1.82, 2.24) is 5.01 Å². The molecule has 0 fully saturated rings. The predicted octanol–water partition coefficient (Wildman–Crippen LogP) is 2.87. The Labute approximate surface area is 103 Å². The average Bonchev–Trinajstić information content (AvgIpc) is 2.39. The summed E-state index contributed by atoms with van der Waals surface area (Å²) in [5, 5.41) is 6.56. The van der Waals surface area contributed by atoms with E-state index < -0.39 is 0 Å². The Balaban J connectivity index is 2.09. The summed E-state index contributed by atoms with van der Waals surface area (Å²) in [6.45, 7) is 5.41. The molecule has 3 heteroatoms. The highest BCUT2D eigenvalue weighted by Gasteiger charge is 2.14. The normalized spacial score (nSPS) is 20.3. The van der Waals surface area contributed by atoms with Crippen LogP contribution in [0.25, 0.3) is 0 Å². The van der Waals surface area contributed by atoms with Gasteiger partial charge in [0, 0.05) is 7.11 Å². The first-order valence-electron chi connectivity index (χ1n) is 6.23. The molecule has 0 saturated heterocycles. The minimum Gasteiger partial charge on any atom is -0.383 e. The van der Waals surface area contributed by atoms with Gasteiger partial charge in [-0.1, -0.05) is 12.7 Å². The van der Waals surface area contributed by atoms with Crippen LogP contribution in [0.5, 0.6) is 0 Å². The Bertz CT molecular complexity index is 380. The van der Waals surface area contributed by atoms with Crippen LogP contribution in [0.1, 0.15) is 25.7 Å². The fourth-order valence-electron chi connectivity index (χ4n) is 2.10. The van der Waals surface area contributed by atoms with Crippen LogP contribution < -0.4 is 0 Å². The van der Waals surface area contributed by atoms with Crippen LogP contribution in [-0.4, -0.2) is 31.0 Å². The van der Waals surface area contributed by atoms with E-state index in [9.17, 15) is 0 Å². The van der Waals surface area contributed by atoms with Gasteiger partial charge in [0.05, 0.1) is 24.6 Å². The lowest BCUT2D eigenvalue weighted by atomic mass is 9.95. The molecule has 1 aliphatic carbocycles. The topological polar surface area (TPSA) is 24.8 Å². The van der Waals surface area contributed by atoms with Crippen LogP contribution in [0, 0.1) is 0 Å². The van der Waals surface area contributed by atoms with E-state index in [0.717, 1.165) is 24.4 Å². The van der Waals surface area contributed by atoms with E-state index in [2.05, 4.69) is 23.8 Å². The van der Waals surface area contributed by atoms with E-state index in [-0.39, 0.29) is 0 Å². The average molecular weight is 232 g/mol. The SMILES string of the molecule is C=C1C=CC(C2=CCCCC2)=NN1CCOC. The molecule has 0 aromatic heterocycles. The fraction of sp³-hybridized carbons (Fsp3) is 0.500. The van der Waals surface area contributed by atoms with Crippen molar-refractivity contribution >= 4 is 5.71 Å². The number of allylic oxidation sites excluding steroid dienone is 4. The third-order valence-electron chi connectivity index (χ3n) is 3.12. The van der Waals surface area contributed by atoms with E-state index in [1.54, 1.807) is 7.11 Å². The van der Waals surface area contributed by atoms with Gasteiger partial charge < -0.3 is 4.74 Å². The molecular weight excluding hydrogens is 212 g/mol. The predicted molar refractivity (Wildman–Crippen MR) is 70.8 cm³/mol. The molecule has 0 bridgehead atoms. The molecule has 3 nitrogen and oxygen atoms in total. The summed E-state index contributed by atoms with van der Waals surface area (Å²) in [7, 11) is 1.71. The summed E-state index contributed by atoms with van der Waals surface area (Å²) in [5.41, 5.74) is 3.40. The number of rotatable bonds is 4. The smallest absolute Gasteiger partial charge is 0.0865 e. The van der Waals surface area contributed by atoms with Crippen LogP contribution in [0.3, 0.4) is 0 Å². The van der Waals surface area contributed by atoms with Gasteiger partial charge in [0.15, 0.2) is 0 Å². The Morgan fingerprint density at radius 2 is 2.29 bits per heavy atom. The number of methoxy groups -OCH3 is 1. The first kappa shape index (κ1) is 12.1. The van der Waals surface area contributed by atoms with Crippen molar-refractivity contribution in [2.45, 2.75) is 25.7 Å². The van der Waals surface area contributed by atoms with Crippen molar-refractivity contribution in [3.63, 3.8) is 0 Å². The molecule has 0 saturated carbocycles. The minimum atomic E-state index is 0.669. The van der Waals surface area contributed by atoms with Gasteiger partial charge in [0.1, 0.15) is 0 Å². The zero-order chi connectivity index (χ0) is 12.1. The van der Waals surface area contributed by atoms with Crippen molar-refractivity contribution in [2.24, 2.45) is 5.10 Å². The van der Waals surface area contributed by atoms with E-state index in [1.807, 2.05) is 11.1 Å². The van der Waals surface area contributed by atoms with E-state index in [0.29, 0.717) is 6.61 Å². The summed E-state index contributed by atoms with van der Waals surface area (Å²) in [6, 6.07) is 0. The zero-order valence-electron chi connectivity index (χ0n) is 10.5. The second-order valence-corrected chi connectivity index (χ2v) is 4.40. The first-order chi connectivity index (χ1) is 8.31. The lowest BCUT2D eigenvalue weighted by Crippen LogP contribution is -2.25. The summed E-state index contributed by atoms with van der Waals surface area (Å²) >= 11 is 0. The van der Waals surface area contributed by atoms with Gasteiger partial charge in [-0.15, -0.1) is 0 Å². The first-order valence-corrected chi connectivity index (χ1v) is 6.23. The van der Waals surface area contributed by atoms with Crippen LogP contribution in [0.15, 0.2) is 41.2 Å². The molecule has 0 aromatic rings. The Hall–Kier alpha value is -1.35. The van der Waals surface area contributed by atoms with Gasteiger partial charge >= 0.3 is 0 Å². The third-order valence-corrected chi connectivity index (χ3v) is 3.12. The molecule has 92 valence electrons. The van der Waals surface area contributed by atoms with Gasteiger partial charge in [-0.05, 0) is 43.4 Å². The molecule has 0 unspecified atom stereocenters. The summed E-state index contributed by atoms with van der Waals surface area (Å²) in [5.74, 6) is 0. The molecule has 0 N–H and O–H groups in total. The van der Waals surface area contributed by atoms with Crippen LogP contribution in [-0.2, 0) is 4.74 Å². The number of hydrogen-bond donors (Lipinski definition) is 0. The van der Waals surface area contributed by atoms with E-state index >= 15 is 0 Å². The van der Waals surface area contributed by atoms with Crippen LogP contribution in [0.2, 0.25) is 0 Å². The Kier molecular flexibility index (Phi) is 4.15. The minimum absolute atomic E-state index is 0.669. The summed E-state index contributed by atoms with van der Waals surface area (Å²) < 4.78 is 5.08. The molecule has 0 amide bonds. The second kappa shape index (κ2) is 5.82. The highest BCUT2D eigenvalue weighted by Crippen LogP contribution is 2.22. The summed E-state index contributed by atoms with van der Waals surface area (Å²) in [4.78, 5) is 0. The number of ether oxygens (including phenoxy) is 1. The maximum Gasteiger partial charge on any atom is 0.0865 e.